The van der Waals surface area contributed by atoms with E-state index in [4.69, 9.17) is 10.5 Å². The van der Waals surface area contributed by atoms with Gasteiger partial charge in [-0.05, 0) is 54.1 Å². The molecule has 0 aliphatic carbocycles. The van der Waals surface area contributed by atoms with Gasteiger partial charge in [0.1, 0.15) is 11.6 Å². The Bertz CT molecular complexity index is 852. The van der Waals surface area contributed by atoms with Crippen molar-refractivity contribution >= 4 is 47.6 Å². The van der Waals surface area contributed by atoms with E-state index in [1.165, 1.54) is 6.07 Å². The van der Waals surface area contributed by atoms with Gasteiger partial charge in [-0.1, -0.05) is 18.2 Å². The van der Waals surface area contributed by atoms with E-state index in [0.717, 1.165) is 22.4 Å². The summed E-state index contributed by atoms with van der Waals surface area (Å²) in [6.45, 7) is 3.53. The summed E-state index contributed by atoms with van der Waals surface area (Å²) in [5, 5.41) is 6.50. The molecule has 0 saturated heterocycles. The van der Waals surface area contributed by atoms with Crippen molar-refractivity contribution in [3.63, 3.8) is 0 Å². The molecule has 0 saturated carbocycles. The normalized spacial score (nSPS) is 10.8. The second kappa shape index (κ2) is 14.1. The van der Waals surface area contributed by atoms with Crippen LogP contribution >= 0.6 is 35.7 Å². The fourth-order valence-electron chi connectivity index (χ4n) is 2.64. The number of nitrogens with one attached hydrogen (secondary N) is 2. The molecule has 2 aromatic rings. The number of hydrogen-bond acceptors (Lipinski definition) is 4. The van der Waals surface area contributed by atoms with Gasteiger partial charge in [0.25, 0.3) is 5.91 Å². The molecule has 0 radical (unpaired) electrons. The number of halogens is 2. The van der Waals surface area contributed by atoms with Crippen LogP contribution in [0.4, 0.5) is 4.39 Å². The van der Waals surface area contributed by atoms with E-state index in [2.05, 4.69) is 15.6 Å². The van der Waals surface area contributed by atoms with Crippen LogP contribution in [0.15, 0.2) is 47.5 Å². The second-order valence-corrected chi connectivity index (χ2v) is 7.16. The van der Waals surface area contributed by atoms with Crippen LogP contribution in [0.3, 0.4) is 0 Å². The van der Waals surface area contributed by atoms with Gasteiger partial charge in [0.05, 0.1) is 6.54 Å². The second-order valence-electron chi connectivity index (χ2n) is 6.30. The zero-order valence-corrected chi connectivity index (χ0v) is 20.3. The average molecular weight is 546 g/mol. The number of benzene rings is 2. The minimum atomic E-state index is -0.520. The Kier molecular flexibility index (Phi) is 12.2. The first-order valence-corrected chi connectivity index (χ1v) is 10.7. The maximum Gasteiger partial charge on any atom is 0.255 e. The summed E-state index contributed by atoms with van der Waals surface area (Å²) in [4.78, 5) is 15.4. The Morgan fingerprint density at radius 1 is 1.20 bits per heavy atom. The SMILES string of the molecule is CCNC(=NCc1cccc(OCC(N)=O)c1)NCc1ccc(F)cc1CSC.I. The quantitative estimate of drug-likeness (QED) is 0.242. The third kappa shape index (κ3) is 9.21. The van der Waals surface area contributed by atoms with Gasteiger partial charge in [-0.2, -0.15) is 11.8 Å². The molecule has 6 nitrogen and oxygen atoms in total. The number of rotatable bonds is 10. The van der Waals surface area contributed by atoms with Gasteiger partial charge >= 0.3 is 0 Å². The summed E-state index contributed by atoms with van der Waals surface area (Å²) >= 11 is 1.66. The smallest absolute Gasteiger partial charge is 0.255 e. The van der Waals surface area contributed by atoms with Gasteiger partial charge in [-0.15, -0.1) is 24.0 Å². The van der Waals surface area contributed by atoms with E-state index in [1.54, 1.807) is 30.0 Å². The molecule has 2 rings (SSSR count). The summed E-state index contributed by atoms with van der Waals surface area (Å²) in [5.74, 6) is 1.24. The van der Waals surface area contributed by atoms with Gasteiger partial charge in [-0.3, -0.25) is 4.79 Å². The number of thioether (sulfide) groups is 1. The Morgan fingerprint density at radius 3 is 2.70 bits per heavy atom. The summed E-state index contributed by atoms with van der Waals surface area (Å²) in [6, 6.07) is 12.2. The maximum absolute atomic E-state index is 13.5. The highest BCUT2D eigenvalue weighted by molar-refractivity contribution is 14.0. The van der Waals surface area contributed by atoms with Crippen LogP contribution < -0.4 is 21.1 Å². The highest BCUT2D eigenvalue weighted by Gasteiger charge is 2.06. The molecule has 164 valence electrons. The summed E-state index contributed by atoms with van der Waals surface area (Å²) < 4.78 is 18.9. The van der Waals surface area contributed by atoms with Gasteiger partial charge in [0.2, 0.25) is 0 Å². The molecule has 0 aliphatic heterocycles. The third-order valence-electron chi connectivity index (χ3n) is 3.96. The molecule has 2 aromatic carbocycles. The summed E-state index contributed by atoms with van der Waals surface area (Å²) in [5.41, 5.74) is 8.05. The predicted octanol–water partition coefficient (Wildman–Crippen LogP) is 3.43. The predicted molar refractivity (Wildman–Crippen MR) is 132 cm³/mol. The molecular formula is C21H28FIN4O2S. The number of ether oxygens (including phenoxy) is 1. The Morgan fingerprint density at radius 2 is 2.00 bits per heavy atom. The molecule has 9 heteroatoms. The van der Waals surface area contributed by atoms with Gasteiger partial charge in [0.15, 0.2) is 12.6 Å². The molecule has 30 heavy (non-hydrogen) atoms. The van der Waals surface area contributed by atoms with Crippen LogP contribution in [-0.4, -0.2) is 31.3 Å². The summed E-state index contributed by atoms with van der Waals surface area (Å²) in [6.07, 6.45) is 1.99. The molecule has 4 N–H and O–H groups in total. The van der Waals surface area contributed by atoms with Crippen molar-refractivity contribution in [1.29, 1.82) is 0 Å². The molecular weight excluding hydrogens is 518 g/mol. The Hall–Kier alpha value is -2.01. The first kappa shape index (κ1) is 26.0. The van der Waals surface area contributed by atoms with Crippen molar-refractivity contribution in [1.82, 2.24) is 10.6 Å². The molecule has 0 unspecified atom stereocenters. The van der Waals surface area contributed by atoms with E-state index in [9.17, 15) is 9.18 Å². The third-order valence-corrected chi connectivity index (χ3v) is 4.56. The number of carbonyl (C=O) groups is 1. The molecule has 0 fully saturated rings. The topological polar surface area (TPSA) is 88.7 Å². The number of hydrogen-bond donors (Lipinski definition) is 3. The zero-order valence-electron chi connectivity index (χ0n) is 17.1. The van der Waals surface area contributed by atoms with Crippen LogP contribution in [-0.2, 0) is 23.6 Å². The molecule has 0 heterocycles. The number of primary amides is 1. The van der Waals surface area contributed by atoms with Crippen molar-refractivity contribution in [3.05, 3.63) is 65.0 Å². The van der Waals surface area contributed by atoms with Crippen molar-refractivity contribution in [3.8, 4) is 5.75 Å². The molecule has 0 aliphatic rings. The lowest BCUT2D eigenvalue weighted by Gasteiger charge is -2.14. The minimum Gasteiger partial charge on any atom is -0.484 e. The molecule has 0 spiro atoms. The minimum absolute atomic E-state index is 0. The largest absolute Gasteiger partial charge is 0.484 e. The summed E-state index contributed by atoms with van der Waals surface area (Å²) in [7, 11) is 0. The number of amides is 1. The van der Waals surface area contributed by atoms with Gasteiger partial charge in [0, 0.05) is 18.8 Å². The first-order chi connectivity index (χ1) is 14.0. The van der Waals surface area contributed by atoms with E-state index < -0.39 is 5.91 Å². The fourth-order valence-corrected chi connectivity index (χ4v) is 3.22. The van der Waals surface area contributed by atoms with Crippen molar-refractivity contribution < 1.29 is 13.9 Å². The van der Waals surface area contributed by atoms with Crippen molar-refractivity contribution in [2.24, 2.45) is 10.7 Å². The number of guanidine groups is 1. The maximum atomic E-state index is 13.5. The lowest BCUT2D eigenvalue weighted by molar-refractivity contribution is -0.119. The molecule has 1 amide bonds. The first-order valence-electron chi connectivity index (χ1n) is 9.30. The standard InChI is InChI=1S/C21H27FN4O2S.HI/c1-3-24-21(26-12-16-7-8-18(22)10-17(16)14-29-2)25-11-15-5-4-6-19(9-15)28-13-20(23)27;/h4-10H,3,11-14H2,1-2H3,(H2,23,27)(H2,24,25,26);1H. The Balaban J connectivity index is 0.00000450. The lowest BCUT2D eigenvalue weighted by atomic mass is 10.1. The number of aliphatic imine (C=N–C) groups is 1. The van der Waals surface area contributed by atoms with Crippen LogP contribution in [0.1, 0.15) is 23.6 Å². The van der Waals surface area contributed by atoms with Crippen LogP contribution in [0.5, 0.6) is 5.75 Å². The van der Waals surface area contributed by atoms with E-state index in [1.807, 2.05) is 31.4 Å². The van der Waals surface area contributed by atoms with Gasteiger partial charge < -0.3 is 21.1 Å². The van der Waals surface area contributed by atoms with E-state index in [0.29, 0.717) is 31.3 Å². The lowest BCUT2D eigenvalue weighted by Crippen LogP contribution is -2.37. The van der Waals surface area contributed by atoms with Gasteiger partial charge in [-0.25, -0.2) is 9.38 Å². The molecule has 0 aromatic heterocycles. The van der Waals surface area contributed by atoms with Crippen LogP contribution in [0.25, 0.3) is 0 Å². The van der Waals surface area contributed by atoms with Crippen LogP contribution in [0.2, 0.25) is 0 Å². The van der Waals surface area contributed by atoms with E-state index >= 15 is 0 Å². The zero-order chi connectivity index (χ0) is 21.1. The fraction of sp³-hybridized carbons (Fsp3) is 0.333. The number of nitrogens with two attached hydrogens (primary N) is 1. The van der Waals surface area contributed by atoms with Crippen molar-refractivity contribution in [2.45, 2.75) is 25.8 Å². The van der Waals surface area contributed by atoms with Crippen LogP contribution in [0, 0.1) is 5.82 Å². The average Bonchev–Trinajstić information content (AvgIpc) is 2.70. The molecule has 0 bridgehead atoms. The molecule has 0 atom stereocenters. The highest BCUT2D eigenvalue weighted by atomic mass is 127. The number of carbonyl (C=O) groups excluding carboxylic acids is 1. The number of nitrogens with zero attached hydrogens (tertiary/aromatic N) is 1. The Labute approximate surface area is 198 Å². The van der Waals surface area contributed by atoms with E-state index in [-0.39, 0.29) is 36.4 Å². The highest BCUT2D eigenvalue weighted by Crippen LogP contribution is 2.17. The van der Waals surface area contributed by atoms with Crippen molar-refractivity contribution in [2.75, 3.05) is 19.4 Å². The monoisotopic (exact) mass is 546 g/mol.